The van der Waals surface area contributed by atoms with Crippen molar-refractivity contribution in [3.8, 4) is 0 Å². The monoisotopic (exact) mass is 272 g/mol. The Morgan fingerprint density at radius 2 is 2.39 bits per heavy atom. The number of benzene rings is 1. The van der Waals surface area contributed by atoms with Gasteiger partial charge in [0.15, 0.2) is 0 Å². The van der Waals surface area contributed by atoms with Gasteiger partial charge in [0.1, 0.15) is 5.82 Å². The topological polar surface area (TPSA) is 24.5 Å². The molecule has 0 aliphatic carbocycles. The molecule has 18 heavy (non-hydrogen) atoms. The van der Waals surface area contributed by atoms with Crippen molar-refractivity contribution in [2.75, 3.05) is 33.3 Å². The maximum absolute atomic E-state index is 13.2. The highest BCUT2D eigenvalue weighted by Crippen LogP contribution is 2.20. The molecular formula is C13H18ClFN2O. The highest BCUT2D eigenvalue weighted by Gasteiger charge is 2.20. The zero-order valence-corrected chi connectivity index (χ0v) is 11.2. The van der Waals surface area contributed by atoms with Gasteiger partial charge >= 0.3 is 0 Å². The first-order chi connectivity index (χ1) is 8.69. The minimum atomic E-state index is -0.241. The molecule has 100 valence electrons. The Balaban J connectivity index is 1.98. The highest BCUT2D eigenvalue weighted by atomic mass is 35.5. The van der Waals surface area contributed by atoms with Crippen LogP contribution in [-0.4, -0.2) is 44.3 Å². The van der Waals surface area contributed by atoms with Gasteiger partial charge in [0.05, 0.1) is 12.7 Å². The fraction of sp³-hybridized carbons (Fsp3) is 0.538. The van der Waals surface area contributed by atoms with Crippen LogP contribution in [0.15, 0.2) is 18.2 Å². The summed E-state index contributed by atoms with van der Waals surface area (Å²) in [6, 6.07) is 4.50. The van der Waals surface area contributed by atoms with Gasteiger partial charge in [0, 0.05) is 31.2 Å². The van der Waals surface area contributed by atoms with E-state index in [2.05, 4.69) is 10.2 Å². The molecule has 5 heteroatoms. The van der Waals surface area contributed by atoms with Crippen molar-refractivity contribution in [1.82, 2.24) is 10.2 Å². The maximum Gasteiger partial charge on any atom is 0.123 e. The first kappa shape index (κ1) is 13.7. The van der Waals surface area contributed by atoms with Gasteiger partial charge in [-0.2, -0.15) is 0 Å². The van der Waals surface area contributed by atoms with E-state index in [1.165, 1.54) is 12.1 Å². The molecule has 1 aliphatic heterocycles. The van der Waals surface area contributed by atoms with Gasteiger partial charge in [-0.05, 0) is 30.8 Å². The Hall–Kier alpha value is -0.680. The normalized spacial score (nSPS) is 21.2. The Kier molecular flexibility index (Phi) is 4.95. The largest absolute Gasteiger partial charge is 0.374 e. The standard InChI is InChI=1S/C13H18ClFN2O/c1-16-7-12-9-17(4-5-18-12)8-10-6-11(15)2-3-13(10)14/h2-3,6,12,16H,4-5,7-9H2,1H3. The first-order valence-electron chi connectivity index (χ1n) is 6.11. The third-order valence-electron chi connectivity index (χ3n) is 3.06. The first-order valence-corrected chi connectivity index (χ1v) is 6.49. The Bertz CT molecular complexity index is 401. The zero-order valence-electron chi connectivity index (χ0n) is 10.5. The average Bonchev–Trinajstić information content (AvgIpc) is 2.35. The number of rotatable bonds is 4. The van der Waals surface area contributed by atoms with Crippen LogP contribution in [0.2, 0.25) is 5.02 Å². The third-order valence-corrected chi connectivity index (χ3v) is 3.43. The summed E-state index contributed by atoms with van der Waals surface area (Å²) >= 11 is 6.08. The molecular weight excluding hydrogens is 255 g/mol. The smallest absolute Gasteiger partial charge is 0.123 e. The lowest BCUT2D eigenvalue weighted by atomic mass is 10.2. The number of hydrogen-bond acceptors (Lipinski definition) is 3. The van der Waals surface area contributed by atoms with Gasteiger partial charge in [-0.15, -0.1) is 0 Å². The molecule has 1 aliphatic rings. The van der Waals surface area contributed by atoms with Gasteiger partial charge in [0.25, 0.3) is 0 Å². The van der Waals surface area contributed by atoms with Crippen LogP contribution in [0.25, 0.3) is 0 Å². The summed E-state index contributed by atoms with van der Waals surface area (Å²) in [5.74, 6) is -0.241. The molecule has 0 saturated carbocycles. The van der Waals surface area contributed by atoms with Crippen molar-refractivity contribution in [2.45, 2.75) is 12.6 Å². The van der Waals surface area contributed by atoms with E-state index in [0.29, 0.717) is 18.2 Å². The van der Waals surface area contributed by atoms with Gasteiger partial charge in [-0.3, -0.25) is 4.90 Å². The molecule has 1 fully saturated rings. The lowest BCUT2D eigenvalue weighted by molar-refractivity contribution is -0.0291. The lowest BCUT2D eigenvalue weighted by Gasteiger charge is -2.33. The van der Waals surface area contributed by atoms with Crippen LogP contribution in [0, 0.1) is 5.82 Å². The number of ether oxygens (including phenoxy) is 1. The van der Waals surface area contributed by atoms with Crippen molar-refractivity contribution in [2.24, 2.45) is 0 Å². The number of nitrogens with zero attached hydrogens (tertiary/aromatic N) is 1. The second kappa shape index (κ2) is 6.48. The predicted molar refractivity (Wildman–Crippen MR) is 70.4 cm³/mol. The van der Waals surface area contributed by atoms with E-state index in [4.69, 9.17) is 16.3 Å². The van der Waals surface area contributed by atoms with E-state index in [-0.39, 0.29) is 11.9 Å². The fourth-order valence-corrected chi connectivity index (χ4v) is 2.36. The van der Waals surface area contributed by atoms with Crippen LogP contribution in [0.4, 0.5) is 4.39 Å². The second-order valence-corrected chi connectivity index (χ2v) is 4.93. The quantitative estimate of drug-likeness (QED) is 0.906. The summed E-state index contributed by atoms with van der Waals surface area (Å²) < 4.78 is 18.8. The van der Waals surface area contributed by atoms with Gasteiger partial charge in [0.2, 0.25) is 0 Å². The van der Waals surface area contributed by atoms with E-state index in [1.807, 2.05) is 7.05 Å². The molecule has 1 heterocycles. The molecule has 1 saturated heterocycles. The minimum Gasteiger partial charge on any atom is -0.374 e. The molecule has 0 spiro atoms. The Labute approximate surface area is 112 Å². The molecule has 0 aromatic heterocycles. The summed E-state index contributed by atoms with van der Waals surface area (Å²) in [6.45, 7) is 3.90. The summed E-state index contributed by atoms with van der Waals surface area (Å²) in [5, 5.41) is 3.72. The Morgan fingerprint density at radius 1 is 1.56 bits per heavy atom. The molecule has 0 amide bonds. The van der Waals surface area contributed by atoms with E-state index in [0.717, 1.165) is 25.2 Å². The van der Waals surface area contributed by atoms with E-state index < -0.39 is 0 Å². The molecule has 1 atom stereocenters. The molecule has 1 aromatic rings. The zero-order chi connectivity index (χ0) is 13.0. The molecule has 1 unspecified atom stereocenters. The van der Waals surface area contributed by atoms with Crippen LogP contribution in [0.1, 0.15) is 5.56 Å². The number of likely N-dealkylation sites (N-methyl/N-ethyl adjacent to an activating group) is 1. The number of nitrogens with one attached hydrogen (secondary N) is 1. The lowest BCUT2D eigenvalue weighted by Crippen LogP contribution is -2.45. The van der Waals surface area contributed by atoms with Gasteiger partial charge in [-0.25, -0.2) is 4.39 Å². The van der Waals surface area contributed by atoms with Gasteiger partial charge < -0.3 is 10.1 Å². The SMILES string of the molecule is CNCC1CN(Cc2cc(F)ccc2Cl)CCO1. The molecule has 1 aromatic carbocycles. The summed E-state index contributed by atoms with van der Waals surface area (Å²) in [5.41, 5.74) is 0.835. The van der Waals surface area contributed by atoms with E-state index in [1.54, 1.807) is 6.07 Å². The second-order valence-electron chi connectivity index (χ2n) is 4.52. The summed E-state index contributed by atoms with van der Waals surface area (Å²) in [4.78, 5) is 2.24. The highest BCUT2D eigenvalue weighted by molar-refractivity contribution is 6.31. The molecule has 2 rings (SSSR count). The van der Waals surface area contributed by atoms with Crippen molar-refractivity contribution >= 4 is 11.6 Å². The van der Waals surface area contributed by atoms with Crippen LogP contribution >= 0.6 is 11.6 Å². The Morgan fingerprint density at radius 3 is 3.17 bits per heavy atom. The van der Waals surface area contributed by atoms with Crippen LogP contribution in [-0.2, 0) is 11.3 Å². The van der Waals surface area contributed by atoms with Crippen LogP contribution < -0.4 is 5.32 Å². The minimum absolute atomic E-state index is 0.191. The predicted octanol–water partition coefficient (Wildman–Crippen LogP) is 1.90. The molecule has 0 bridgehead atoms. The number of halogens is 2. The van der Waals surface area contributed by atoms with Crippen LogP contribution in [0.5, 0.6) is 0 Å². The number of hydrogen-bond donors (Lipinski definition) is 1. The summed E-state index contributed by atoms with van der Waals surface area (Å²) in [6.07, 6.45) is 0.191. The van der Waals surface area contributed by atoms with Crippen LogP contribution in [0.3, 0.4) is 0 Å². The fourth-order valence-electron chi connectivity index (χ4n) is 2.18. The summed E-state index contributed by atoms with van der Waals surface area (Å²) in [7, 11) is 1.91. The van der Waals surface area contributed by atoms with E-state index in [9.17, 15) is 4.39 Å². The third kappa shape index (κ3) is 3.65. The van der Waals surface area contributed by atoms with Gasteiger partial charge in [-0.1, -0.05) is 11.6 Å². The van der Waals surface area contributed by atoms with Crippen molar-refractivity contribution in [3.05, 3.63) is 34.6 Å². The van der Waals surface area contributed by atoms with Crippen molar-refractivity contribution in [1.29, 1.82) is 0 Å². The molecule has 0 radical (unpaired) electrons. The maximum atomic E-state index is 13.2. The van der Waals surface area contributed by atoms with Crippen molar-refractivity contribution in [3.63, 3.8) is 0 Å². The van der Waals surface area contributed by atoms with Crippen molar-refractivity contribution < 1.29 is 9.13 Å². The van der Waals surface area contributed by atoms with E-state index >= 15 is 0 Å². The average molecular weight is 273 g/mol. The molecule has 1 N–H and O–H groups in total. The number of morpholine rings is 1. The molecule has 3 nitrogen and oxygen atoms in total.